The number of halogens is 1. The van der Waals surface area contributed by atoms with Crippen LogP contribution >= 0.6 is 0 Å². The molecule has 0 spiro atoms. The largest absolute Gasteiger partial charge is 0.479 e. The maximum absolute atomic E-state index is 13.5. The molecule has 1 aromatic carbocycles. The lowest BCUT2D eigenvalue weighted by molar-refractivity contribution is -0.144. The third-order valence-electron chi connectivity index (χ3n) is 4.19. The maximum atomic E-state index is 13.5. The maximum Gasteiger partial charge on any atom is 0.329 e. The Kier molecular flexibility index (Phi) is 2.77. The Balaban J connectivity index is 1.94. The fourth-order valence-electron chi connectivity index (χ4n) is 3.06. The average molecular weight is 263 g/mol. The number of aryl methyl sites for hydroxylation is 1. The van der Waals surface area contributed by atoms with Crippen molar-refractivity contribution in [2.45, 2.75) is 38.1 Å². The smallest absolute Gasteiger partial charge is 0.329 e. The summed E-state index contributed by atoms with van der Waals surface area (Å²) in [6.07, 6.45) is 3.79. The van der Waals surface area contributed by atoms with Crippen molar-refractivity contribution in [2.75, 3.05) is 5.32 Å². The van der Waals surface area contributed by atoms with Gasteiger partial charge in [-0.05, 0) is 68.2 Å². The number of anilines is 1. The van der Waals surface area contributed by atoms with Gasteiger partial charge in [-0.3, -0.25) is 0 Å². The highest BCUT2D eigenvalue weighted by atomic mass is 19.1. The minimum atomic E-state index is -0.889. The van der Waals surface area contributed by atoms with Crippen molar-refractivity contribution < 1.29 is 14.3 Å². The fraction of sp³-hybridized carbons (Fsp3) is 0.533. The molecule has 0 radical (unpaired) electrons. The molecule has 3 nitrogen and oxygen atoms in total. The standard InChI is InChI=1S/C15H18FNO2/c1-9-6-12(16)8-13(7-9)17-15(14(18)19,10-2-3-10)11-4-5-11/h6-8,10-11,17H,2-5H2,1H3,(H,18,19). The number of nitrogens with one attached hydrogen (secondary N) is 1. The zero-order valence-electron chi connectivity index (χ0n) is 10.9. The van der Waals surface area contributed by atoms with Crippen LogP contribution in [0.1, 0.15) is 31.2 Å². The first-order valence-electron chi connectivity index (χ1n) is 6.81. The minimum Gasteiger partial charge on any atom is -0.479 e. The first-order valence-corrected chi connectivity index (χ1v) is 6.81. The van der Waals surface area contributed by atoms with Gasteiger partial charge in [0, 0.05) is 5.69 Å². The summed E-state index contributed by atoms with van der Waals surface area (Å²) in [6.45, 7) is 1.81. The quantitative estimate of drug-likeness (QED) is 0.857. The zero-order valence-corrected chi connectivity index (χ0v) is 10.9. The molecule has 3 rings (SSSR count). The summed E-state index contributed by atoms with van der Waals surface area (Å²) >= 11 is 0. The molecule has 0 atom stereocenters. The first-order chi connectivity index (χ1) is 9.02. The molecule has 1 aromatic rings. The molecule has 2 saturated carbocycles. The average Bonchev–Trinajstić information content (AvgIpc) is 3.14. The Morgan fingerprint density at radius 2 is 1.84 bits per heavy atom. The van der Waals surface area contributed by atoms with Crippen molar-refractivity contribution in [1.29, 1.82) is 0 Å². The van der Waals surface area contributed by atoms with E-state index >= 15 is 0 Å². The lowest BCUT2D eigenvalue weighted by Gasteiger charge is -2.32. The summed E-state index contributed by atoms with van der Waals surface area (Å²) in [5.74, 6) is -0.755. The molecule has 0 bridgehead atoms. The normalized spacial score (nSPS) is 19.3. The number of carboxylic acid groups (broad SMARTS) is 1. The molecule has 0 heterocycles. The Morgan fingerprint density at radius 3 is 2.26 bits per heavy atom. The monoisotopic (exact) mass is 263 g/mol. The molecule has 0 amide bonds. The highest BCUT2D eigenvalue weighted by molar-refractivity contribution is 5.85. The zero-order chi connectivity index (χ0) is 13.6. The van der Waals surface area contributed by atoms with Crippen LogP contribution in [-0.4, -0.2) is 16.6 Å². The van der Waals surface area contributed by atoms with E-state index < -0.39 is 11.5 Å². The molecule has 2 aliphatic carbocycles. The number of carboxylic acids is 1. The number of benzene rings is 1. The van der Waals surface area contributed by atoms with E-state index in [1.807, 2.05) is 13.0 Å². The number of aliphatic carboxylic acids is 1. The van der Waals surface area contributed by atoms with E-state index in [4.69, 9.17) is 0 Å². The van der Waals surface area contributed by atoms with Crippen LogP contribution in [-0.2, 0) is 4.79 Å². The summed E-state index contributed by atoms with van der Waals surface area (Å²) in [4.78, 5) is 11.8. The van der Waals surface area contributed by atoms with Crippen molar-refractivity contribution in [1.82, 2.24) is 0 Å². The van der Waals surface area contributed by atoms with Gasteiger partial charge in [-0.25, -0.2) is 9.18 Å². The van der Waals surface area contributed by atoms with Crippen LogP contribution in [0.25, 0.3) is 0 Å². The fourth-order valence-corrected chi connectivity index (χ4v) is 3.06. The van der Waals surface area contributed by atoms with Crippen LogP contribution < -0.4 is 5.32 Å². The second-order valence-electron chi connectivity index (χ2n) is 5.86. The summed E-state index contributed by atoms with van der Waals surface area (Å²) < 4.78 is 13.5. The second-order valence-corrected chi connectivity index (χ2v) is 5.86. The van der Waals surface area contributed by atoms with Crippen LogP contribution in [0.3, 0.4) is 0 Å². The molecule has 0 aromatic heterocycles. The van der Waals surface area contributed by atoms with E-state index in [1.165, 1.54) is 12.1 Å². The molecule has 2 fully saturated rings. The van der Waals surface area contributed by atoms with Crippen LogP contribution in [0.2, 0.25) is 0 Å². The van der Waals surface area contributed by atoms with Crippen LogP contribution in [0.5, 0.6) is 0 Å². The van der Waals surface area contributed by atoms with Crippen LogP contribution in [0, 0.1) is 24.6 Å². The van der Waals surface area contributed by atoms with Crippen molar-refractivity contribution in [3.05, 3.63) is 29.6 Å². The Hall–Kier alpha value is -1.58. The Labute approximate surface area is 111 Å². The van der Waals surface area contributed by atoms with E-state index in [1.54, 1.807) is 0 Å². The third-order valence-corrected chi connectivity index (χ3v) is 4.19. The molecule has 2 aliphatic rings. The molecular formula is C15H18FNO2. The van der Waals surface area contributed by atoms with Gasteiger partial charge in [-0.1, -0.05) is 0 Å². The topological polar surface area (TPSA) is 49.3 Å². The van der Waals surface area contributed by atoms with E-state index in [0.717, 1.165) is 31.2 Å². The van der Waals surface area contributed by atoms with Gasteiger partial charge in [0.15, 0.2) is 0 Å². The van der Waals surface area contributed by atoms with Crippen molar-refractivity contribution in [3.63, 3.8) is 0 Å². The van der Waals surface area contributed by atoms with E-state index in [0.29, 0.717) is 5.69 Å². The Bertz CT molecular complexity index is 489. The molecule has 0 saturated heterocycles. The molecule has 0 unspecified atom stereocenters. The predicted molar refractivity (Wildman–Crippen MR) is 70.6 cm³/mol. The molecule has 2 N–H and O–H groups in total. The van der Waals surface area contributed by atoms with Gasteiger partial charge in [0.05, 0.1) is 0 Å². The number of hydrogen-bond acceptors (Lipinski definition) is 2. The van der Waals surface area contributed by atoms with Crippen molar-refractivity contribution in [2.24, 2.45) is 11.8 Å². The van der Waals surface area contributed by atoms with E-state index in [9.17, 15) is 14.3 Å². The first kappa shape index (κ1) is 12.5. The van der Waals surface area contributed by atoms with Gasteiger partial charge < -0.3 is 10.4 Å². The highest BCUT2D eigenvalue weighted by Gasteiger charge is 2.59. The third kappa shape index (κ3) is 2.20. The summed E-state index contributed by atoms with van der Waals surface area (Å²) in [5, 5.41) is 12.8. The van der Waals surface area contributed by atoms with Gasteiger partial charge in [-0.2, -0.15) is 0 Å². The summed E-state index contributed by atoms with van der Waals surface area (Å²) in [6, 6.07) is 4.64. The molecular weight excluding hydrogens is 245 g/mol. The molecule has 19 heavy (non-hydrogen) atoms. The van der Waals surface area contributed by atoms with Crippen LogP contribution in [0.15, 0.2) is 18.2 Å². The minimum absolute atomic E-state index is 0.182. The van der Waals surface area contributed by atoms with Gasteiger partial charge in [0.1, 0.15) is 11.4 Å². The van der Waals surface area contributed by atoms with E-state index in [2.05, 4.69) is 5.32 Å². The summed E-state index contributed by atoms with van der Waals surface area (Å²) in [7, 11) is 0. The second kappa shape index (κ2) is 4.22. The molecule has 102 valence electrons. The van der Waals surface area contributed by atoms with Gasteiger partial charge in [-0.15, -0.1) is 0 Å². The van der Waals surface area contributed by atoms with Crippen molar-refractivity contribution >= 4 is 11.7 Å². The van der Waals surface area contributed by atoms with Gasteiger partial charge >= 0.3 is 5.97 Å². The van der Waals surface area contributed by atoms with Gasteiger partial charge in [0.25, 0.3) is 0 Å². The predicted octanol–water partition coefficient (Wildman–Crippen LogP) is 3.19. The highest BCUT2D eigenvalue weighted by Crippen LogP contribution is 2.53. The molecule has 4 heteroatoms. The van der Waals surface area contributed by atoms with Crippen molar-refractivity contribution in [3.8, 4) is 0 Å². The Morgan fingerprint density at radius 1 is 1.26 bits per heavy atom. The lowest BCUT2D eigenvalue weighted by Crippen LogP contribution is -2.50. The number of hydrogen-bond donors (Lipinski definition) is 2. The van der Waals surface area contributed by atoms with Gasteiger partial charge in [0.2, 0.25) is 0 Å². The number of rotatable bonds is 5. The molecule has 0 aliphatic heterocycles. The summed E-state index contributed by atoms with van der Waals surface area (Å²) in [5.41, 5.74) is 0.493. The van der Waals surface area contributed by atoms with E-state index in [-0.39, 0.29) is 17.7 Å². The SMILES string of the molecule is Cc1cc(F)cc(NC(C(=O)O)(C2CC2)C2CC2)c1. The lowest BCUT2D eigenvalue weighted by atomic mass is 9.87. The van der Waals surface area contributed by atoms with Crippen LogP contribution in [0.4, 0.5) is 10.1 Å². The number of carbonyl (C=O) groups is 1.